The molecule has 1 heterocycles. The fourth-order valence-electron chi connectivity index (χ4n) is 7.68. The third-order valence-electron chi connectivity index (χ3n) is 9.84. The first-order valence-electron chi connectivity index (χ1n) is 17.2. The van der Waals surface area contributed by atoms with E-state index in [1.165, 1.54) is 49.3 Å². The van der Waals surface area contributed by atoms with E-state index in [0.717, 1.165) is 42.0 Å². The van der Waals surface area contributed by atoms with E-state index in [2.05, 4.69) is 108 Å². The van der Waals surface area contributed by atoms with Gasteiger partial charge >= 0.3 is 0 Å². The third kappa shape index (κ3) is 4.93. The molecule has 1 aliphatic heterocycles. The summed E-state index contributed by atoms with van der Waals surface area (Å²) < 4.78 is 15.4. The van der Waals surface area contributed by atoms with Crippen LogP contribution in [0.3, 0.4) is 0 Å². The molecule has 0 fully saturated rings. The van der Waals surface area contributed by atoms with Gasteiger partial charge < -0.3 is 9.80 Å². The molecular weight excluding hydrogens is 588 g/mol. The second-order valence-corrected chi connectivity index (χ2v) is 12.7. The maximum absolute atomic E-state index is 15.4. The van der Waals surface area contributed by atoms with Crippen LogP contribution in [0.25, 0.3) is 43.4 Å². The zero-order valence-electron chi connectivity index (χ0n) is 27.8. The Morgan fingerprint density at radius 2 is 1.42 bits per heavy atom. The van der Waals surface area contributed by atoms with Gasteiger partial charge in [0.25, 0.3) is 0 Å². The lowest BCUT2D eigenvalue weighted by Crippen LogP contribution is -2.18. The van der Waals surface area contributed by atoms with Crippen molar-refractivity contribution in [2.24, 2.45) is 5.92 Å². The highest BCUT2D eigenvalue weighted by Crippen LogP contribution is 2.47. The number of benzene rings is 7. The average Bonchev–Trinajstić information content (AvgIpc) is 3.57. The van der Waals surface area contributed by atoms with E-state index in [9.17, 15) is 0 Å². The fourth-order valence-corrected chi connectivity index (χ4v) is 7.68. The molecule has 7 aromatic carbocycles. The molecule has 0 spiro atoms. The number of nitrogens with zero attached hydrogens (tertiary/aromatic N) is 2. The lowest BCUT2D eigenvalue weighted by atomic mass is 9.91. The van der Waals surface area contributed by atoms with Crippen molar-refractivity contribution in [1.82, 2.24) is 0 Å². The van der Waals surface area contributed by atoms with Gasteiger partial charge in [0.15, 0.2) is 0 Å². The molecule has 48 heavy (non-hydrogen) atoms. The highest BCUT2D eigenvalue weighted by Gasteiger charge is 2.25. The molecule has 2 aliphatic rings. The van der Waals surface area contributed by atoms with Crippen LogP contribution in [0.15, 0.2) is 145 Å². The van der Waals surface area contributed by atoms with Crippen LogP contribution in [0.2, 0.25) is 0 Å². The van der Waals surface area contributed by atoms with Gasteiger partial charge in [-0.25, -0.2) is 4.39 Å². The van der Waals surface area contributed by atoms with Crippen LogP contribution in [-0.4, -0.2) is 6.54 Å². The standard InChI is InChI=1S/C43H33FN2.C2H6/c1-28-8-7-12-33(26-28)46(34-18-21-38(44)37(27-34)29-9-3-2-4-10-29)41-23-17-32-14-19-35-40(45-25-24-30-11-5-6-13-39(30)45)22-16-31-15-20-36(41)43(32)42(31)35;1-2/h2-7,9-23,26-28H,8,24-25H2,1H3;1-2H3. The maximum atomic E-state index is 15.4. The number of rotatable bonds is 5. The Hall–Kier alpha value is -5.41. The monoisotopic (exact) mass is 626 g/mol. The van der Waals surface area contributed by atoms with Gasteiger partial charge in [0.1, 0.15) is 5.82 Å². The van der Waals surface area contributed by atoms with Crippen molar-refractivity contribution in [3.8, 4) is 11.1 Å². The summed E-state index contributed by atoms with van der Waals surface area (Å²) in [5.74, 6) is 0.185. The second-order valence-electron chi connectivity index (χ2n) is 12.7. The maximum Gasteiger partial charge on any atom is 0.131 e. The number of hydrogen-bond acceptors (Lipinski definition) is 2. The summed E-state index contributed by atoms with van der Waals surface area (Å²) in [4.78, 5) is 4.80. The highest BCUT2D eigenvalue weighted by atomic mass is 19.1. The summed E-state index contributed by atoms with van der Waals surface area (Å²) >= 11 is 0. The van der Waals surface area contributed by atoms with Crippen molar-refractivity contribution < 1.29 is 4.39 Å². The van der Waals surface area contributed by atoms with Gasteiger partial charge in [-0.2, -0.15) is 0 Å². The third-order valence-corrected chi connectivity index (χ3v) is 9.84. The van der Waals surface area contributed by atoms with E-state index in [-0.39, 0.29) is 5.82 Å². The predicted molar refractivity (Wildman–Crippen MR) is 204 cm³/mol. The molecule has 0 N–H and O–H groups in total. The van der Waals surface area contributed by atoms with E-state index in [1.807, 2.05) is 56.3 Å². The smallest absolute Gasteiger partial charge is 0.131 e. The van der Waals surface area contributed by atoms with E-state index < -0.39 is 0 Å². The molecule has 0 saturated heterocycles. The number of hydrogen-bond donors (Lipinski definition) is 0. The Balaban J connectivity index is 0.00000165. The quantitative estimate of drug-likeness (QED) is 0.175. The minimum absolute atomic E-state index is 0.220. The lowest BCUT2D eigenvalue weighted by molar-refractivity contribution is 0.631. The van der Waals surface area contributed by atoms with Crippen molar-refractivity contribution >= 4 is 55.1 Å². The van der Waals surface area contributed by atoms with E-state index >= 15 is 4.39 Å². The van der Waals surface area contributed by atoms with Crippen LogP contribution in [0, 0.1) is 11.7 Å². The van der Waals surface area contributed by atoms with Crippen LogP contribution < -0.4 is 9.80 Å². The lowest BCUT2D eigenvalue weighted by Gasteiger charge is -2.31. The topological polar surface area (TPSA) is 6.48 Å². The summed E-state index contributed by atoms with van der Waals surface area (Å²) in [6.45, 7) is 7.24. The van der Waals surface area contributed by atoms with Crippen LogP contribution in [0.4, 0.5) is 27.1 Å². The van der Waals surface area contributed by atoms with Gasteiger partial charge in [0, 0.05) is 45.6 Å². The van der Waals surface area contributed by atoms with Gasteiger partial charge in [0.2, 0.25) is 0 Å². The molecule has 0 saturated carbocycles. The summed E-state index contributed by atoms with van der Waals surface area (Å²) in [6, 6.07) is 42.3. The zero-order valence-corrected chi connectivity index (χ0v) is 27.8. The second kappa shape index (κ2) is 12.3. The molecule has 0 aromatic heterocycles. The number of para-hydroxylation sites is 1. The Labute approximate surface area is 282 Å². The Bertz CT molecular complexity index is 2330. The number of fused-ring (bicyclic) bond motifs is 1. The van der Waals surface area contributed by atoms with Crippen LogP contribution in [-0.2, 0) is 6.42 Å². The fraction of sp³-hybridized carbons (Fsp3) is 0.156. The number of anilines is 4. The van der Waals surface area contributed by atoms with Gasteiger partial charge in [-0.3, -0.25) is 0 Å². The Kier molecular flexibility index (Phi) is 7.69. The first kappa shape index (κ1) is 30.0. The van der Waals surface area contributed by atoms with Crippen LogP contribution >= 0.6 is 0 Å². The molecule has 9 rings (SSSR count). The molecule has 0 amide bonds. The van der Waals surface area contributed by atoms with Crippen LogP contribution in [0.1, 0.15) is 32.8 Å². The molecule has 1 aliphatic carbocycles. The van der Waals surface area contributed by atoms with Crippen molar-refractivity contribution in [3.05, 3.63) is 157 Å². The Morgan fingerprint density at radius 1 is 0.708 bits per heavy atom. The van der Waals surface area contributed by atoms with Gasteiger partial charge in [-0.1, -0.05) is 118 Å². The van der Waals surface area contributed by atoms with Crippen molar-refractivity contribution in [2.45, 2.75) is 33.6 Å². The molecule has 3 heteroatoms. The first-order valence-corrected chi connectivity index (χ1v) is 17.2. The van der Waals surface area contributed by atoms with E-state index in [0.29, 0.717) is 11.5 Å². The first-order chi connectivity index (χ1) is 23.6. The molecule has 1 unspecified atom stereocenters. The van der Waals surface area contributed by atoms with Gasteiger partial charge in [-0.05, 0) is 93.9 Å². The summed E-state index contributed by atoms with van der Waals surface area (Å²) in [5, 5.41) is 7.49. The molecule has 2 nitrogen and oxygen atoms in total. The minimum atomic E-state index is -0.220. The molecule has 1 atom stereocenters. The largest absolute Gasteiger partial charge is 0.340 e. The molecule has 0 bridgehead atoms. The normalized spacial score (nSPS) is 15.5. The Morgan fingerprint density at radius 3 is 2.23 bits per heavy atom. The highest BCUT2D eigenvalue weighted by molar-refractivity contribution is 6.27. The van der Waals surface area contributed by atoms with Crippen molar-refractivity contribution in [3.63, 3.8) is 0 Å². The molecule has 236 valence electrons. The predicted octanol–water partition coefficient (Wildman–Crippen LogP) is 12.7. The van der Waals surface area contributed by atoms with Gasteiger partial charge in [-0.15, -0.1) is 0 Å². The van der Waals surface area contributed by atoms with Gasteiger partial charge in [0.05, 0.1) is 5.69 Å². The summed E-state index contributed by atoms with van der Waals surface area (Å²) in [6.07, 6.45) is 8.88. The SMILES string of the molecule is CC.CC1C=C(N(c2ccc(F)c(-c3ccccc3)c2)c2ccc3ccc4c(N5CCc6ccccc65)ccc5ccc2c3c54)C=CC1. The minimum Gasteiger partial charge on any atom is -0.340 e. The summed E-state index contributed by atoms with van der Waals surface area (Å²) in [7, 11) is 0. The zero-order chi connectivity index (χ0) is 32.8. The van der Waals surface area contributed by atoms with Crippen LogP contribution in [0.5, 0.6) is 0 Å². The summed E-state index contributed by atoms with van der Waals surface area (Å²) in [5.41, 5.74) is 8.58. The molecule has 0 radical (unpaired) electrons. The van der Waals surface area contributed by atoms with Crippen molar-refractivity contribution in [2.75, 3.05) is 16.3 Å². The number of allylic oxidation sites excluding steroid dienone is 3. The molecule has 7 aromatic rings. The number of halogens is 1. The molecular formula is C45H39FN2. The average molecular weight is 627 g/mol. The van der Waals surface area contributed by atoms with E-state index in [4.69, 9.17) is 0 Å². The van der Waals surface area contributed by atoms with Crippen molar-refractivity contribution in [1.29, 1.82) is 0 Å². The van der Waals surface area contributed by atoms with E-state index in [1.54, 1.807) is 6.07 Å².